The summed E-state index contributed by atoms with van der Waals surface area (Å²) in [7, 11) is -3.58. The molecule has 130 valence electrons. The van der Waals surface area contributed by atoms with Gasteiger partial charge >= 0.3 is 6.01 Å². The van der Waals surface area contributed by atoms with E-state index in [1.165, 1.54) is 15.0 Å². The Morgan fingerprint density at radius 1 is 1.12 bits per heavy atom. The van der Waals surface area contributed by atoms with E-state index < -0.39 is 10.0 Å². The van der Waals surface area contributed by atoms with Gasteiger partial charge in [0.25, 0.3) is 0 Å². The predicted octanol–water partition coefficient (Wildman–Crippen LogP) is 1.12. The maximum Gasteiger partial charge on any atom is 0.331 e. The first kappa shape index (κ1) is 16.0. The van der Waals surface area contributed by atoms with Gasteiger partial charge in [-0.15, -0.1) is 5.10 Å². The summed E-state index contributed by atoms with van der Waals surface area (Å²) >= 11 is 0. The molecule has 25 heavy (non-hydrogen) atoms. The molecular weight excluding hydrogens is 344 g/mol. The lowest BCUT2D eigenvalue weighted by Crippen LogP contribution is -2.40. The standard InChI is InChI=1S/C16H16N4O4S/c21-16-17-11-13-4-5-15(20(13)18-16)12-2-1-3-14(10-12)25(22,23)19-6-8-24-9-7-19/h1-5,10-11H,6-9H2,(H,18,21). The summed E-state index contributed by atoms with van der Waals surface area (Å²) in [6, 6.07) is 9.97. The van der Waals surface area contributed by atoms with Crippen molar-refractivity contribution in [1.82, 2.24) is 18.9 Å². The first-order chi connectivity index (χ1) is 12.1. The minimum atomic E-state index is -3.58. The third-order valence-electron chi connectivity index (χ3n) is 4.12. The van der Waals surface area contributed by atoms with Crippen LogP contribution in [0.3, 0.4) is 0 Å². The Hall–Kier alpha value is -2.49. The maximum absolute atomic E-state index is 12.8. The van der Waals surface area contributed by atoms with Gasteiger partial charge in [0, 0.05) is 18.7 Å². The van der Waals surface area contributed by atoms with E-state index >= 15 is 0 Å². The molecule has 1 aromatic carbocycles. The van der Waals surface area contributed by atoms with Gasteiger partial charge in [0.1, 0.15) is 0 Å². The Labute approximate surface area is 144 Å². The molecule has 0 radical (unpaired) electrons. The van der Waals surface area contributed by atoms with E-state index in [1.54, 1.807) is 30.3 Å². The molecule has 0 aliphatic carbocycles. The molecule has 0 amide bonds. The summed E-state index contributed by atoms with van der Waals surface area (Å²) < 4.78 is 33.8. The number of aromatic hydroxyl groups is 1. The zero-order valence-electron chi connectivity index (χ0n) is 13.2. The van der Waals surface area contributed by atoms with E-state index in [2.05, 4.69) is 10.1 Å². The van der Waals surface area contributed by atoms with Crippen LogP contribution in [0.4, 0.5) is 0 Å². The zero-order chi connectivity index (χ0) is 17.4. The highest BCUT2D eigenvalue weighted by Gasteiger charge is 2.26. The summed E-state index contributed by atoms with van der Waals surface area (Å²) in [5.74, 6) is 0. The summed E-state index contributed by atoms with van der Waals surface area (Å²) in [5, 5.41) is 13.5. The van der Waals surface area contributed by atoms with Gasteiger partial charge in [-0.05, 0) is 24.3 Å². The van der Waals surface area contributed by atoms with Crippen LogP contribution in [0.15, 0.2) is 47.5 Å². The van der Waals surface area contributed by atoms with E-state index in [0.29, 0.717) is 43.1 Å². The molecule has 0 spiro atoms. The number of morpholine rings is 1. The van der Waals surface area contributed by atoms with Crippen molar-refractivity contribution in [1.29, 1.82) is 0 Å². The highest BCUT2D eigenvalue weighted by atomic mass is 32.2. The Balaban J connectivity index is 1.77. The SMILES string of the molecule is O=S(=O)(c1cccc(-c2ccc3cnc(O)nn23)c1)N1CCOCC1. The molecule has 0 bridgehead atoms. The quantitative estimate of drug-likeness (QED) is 0.752. The van der Waals surface area contributed by atoms with Crippen LogP contribution in [-0.4, -0.2) is 58.7 Å². The lowest BCUT2D eigenvalue weighted by atomic mass is 10.2. The van der Waals surface area contributed by atoms with E-state index in [1.807, 2.05) is 6.07 Å². The molecule has 1 N–H and O–H groups in total. The molecule has 0 atom stereocenters. The fraction of sp³-hybridized carbons (Fsp3) is 0.250. The summed E-state index contributed by atoms with van der Waals surface area (Å²) in [6.07, 6.45) is 1.50. The van der Waals surface area contributed by atoms with Gasteiger partial charge in [-0.25, -0.2) is 17.9 Å². The van der Waals surface area contributed by atoms with Gasteiger partial charge in [0.15, 0.2) is 0 Å². The molecule has 1 aliphatic heterocycles. The van der Waals surface area contributed by atoms with Crippen LogP contribution in [0.25, 0.3) is 16.8 Å². The molecule has 1 fully saturated rings. The average molecular weight is 360 g/mol. The van der Waals surface area contributed by atoms with Crippen LogP contribution in [0.5, 0.6) is 6.01 Å². The number of rotatable bonds is 3. The van der Waals surface area contributed by atoms with Crippen molar-refractivity contribution in [3.63, 3.8) is 0 Å². The molecule has 0 unspecified atom stereocenters. The highest BCUT2D eigenvalue weighted by molar-refractivity contribution is 7.89. The second-order valence-electron chi connectivity index (χ2n) is 5.66. The number of benzene rings is 1. The Morgan fingerprint density at radius 2 is 1.92 bits per heavy atom. The Kier molecular flexibility index (Phi) is 3.91. The minimum Gasteiger partial charge on any atom is -0.478 e. The Morgan fingerprint density at radius 3 is 2.72 bits per heavy atom. The number of fused-ring (bicyclic) bond motifs is 1. The summed E-state index contributed by atoms with van der Waals surface area (Å²) in [4.78, 5) is 3.96. The normalized spacial score (nSPS) is 16.3. The van der Waals surface area contributed by atoms with E-state index in [9.17, 15) is 13.5 Å². The number of sulfonamides is 1. The first-order valence-electron chi connectivity index (χ1n) is 7.78. The monoisotopic (exact) mass is 360 g/mol. The highest BCUT2D eigenvalue weighted by Crippen LogP contribution is 2.26. The molecule has 1 aliphatic rings. The smallest absolute Gasteiger partial charge is 0.331 e. The van der Waals surface area contributed by atoms with Crippen LogP contribution >= 0.6 is 0 Å². The van der Waals surface area contributed by atoms with Crippen LogP contribution in [0, 0.1) is 0 Å². The predicted molar refractivity (Wildman–Crippen MR) is 89.7 cm³/mol. The average Bonchev–Trinajstić information content (AvgIpc) is 3.05. The molecular formula is C16H16N4O4S. The van der Waals surface area contributed by atoms with Crippen LogP contribution in [0.1, 0.15) is 0 Å². The summed E-state index contributed by atoms with van der Waals surface area (Å²) in [5.41, 5.74) is 2.06. The second kappa shape index (κ2) is 6.10. The van der Waals surface area contributed by atoms with Crippen molar-refractivity contribution >= 4 is 15.5 Å². The van der Waals surface area contributed by atoms with Crippen molar-refractivity contribution < 1.29 is 18.3 Å². The molecule has 4 rings (SSSR count). The maximum atomic E-state index is 12.8. The van der Waals surface area contributed by atoms with Gasteiger partial charge in [0.2, 0.25) is 10.0 Å². The van der Waals surface area contributed by atoms with Crippen LogP contribution < -0.4 is 0 Å². The molecule has 3 heterocycles. The van der Waals surface area contributed by atoms with Crippen molar-refractivity contribution in [3.05, 3.63) is 42.6 Å². The molecule has 1 saturated heterocycles. The molecule has 0 saturated carbocycles. The van der Waals surface area contributed by atoms with Gasteiger partial charge in [-0.2, -0.15) is 4.31 Å². The van der Waals surface area contributed by atoms with E-state index in [0.717, 1.165) is 0 Å². The largest absolute Gasteiger partial charge is 0.478 e. The summed E-state index contributed by atoms with van der Waals surface area (Å²) in [6.45, 7) is 1.50. The number of aromatic nitrogens is 3. The zero-order valence-corrected chi connectivity index (χ0v) is 14.1. The fourth-order valence-electron chi connectivity index (χ4n) is 2.86. The van der Waals surface area contributed by atoms with Gasteiger partial charge in [-0.1, -0.05) is 12.1 Å². The second-order valence-corrected chi connectivity index (χ2v) is 7.60. The lowest BCUT2D eigenvalue weighted by Gasteiger charge is -2.26. The number of hydrogen-bond donors (Lipinski definition) is 1. The first-order valence-corrected chi connectivity index (χ1v) is 9.22. The Bertz CT molecular complexity index is 1030. The number of ether oxygens (including phenoxy) is 1. The van der Waals surface area contributed by atoms with Gasteiger partial charge < -0.3 is 9.84 Å². The fourth-order valence-corrected chi connectivity index (χ4v) is 4.32. The number of hydrogen-bond acceptors (Lipinski definition) is 6. The van der Waals surface area contributed by atoms with Crippen molar-refractivity contribution in [3.8, 4) is 17.3 Å². The lowest BCUT2D eigenvalue weighted by molar-refractivity contribution is 0.0730. The molecule has 8 nitrogen and oxygen atoms in total. The van der Waals surface area contributed by atoms with Gasteiger partial charge in [-0.3, -0.25) is 0 Å². The molecule has 3 aromatic rings. The molecule has 9 heteroatoms. The number of nitrogens with zero attached hydrogens (tertiary/aromatic N) is 4. The molecule has 2 aromatic heterocycles. The van der Waals surface area contributed by atoms with Crippen LogP contribution in [0.2, 0.25) is 0 Å². The van der Waals surface area contributed by atoms with Gasteiger partial charge in [0.05, 0.1) is 35.5 Å². The third kappa shape index (κ3) is 2.86. The van der Waals surface area contributed by atoms with E-state index in [-0.39, 0.29) is 10.9 Å². The van der Waals surface area contributed by atoms with Crippen molar-refractivity contribution in [2.75, 3.05) is 26.3 Å². The third-order valence-corrected chi connectivity index (χ3v) is 6.02. The van der Waals surface area contributed by atoms with Crippen molar-refractivity contribution in [2.45, 2.75) is 4.90 Å². The van der Waals surface area contributed by atoms with Crippen LogP contribution in [-0.2, 0) is 14.8 Å². The topological polar surface area (TPSA) is 97.0 Å². The van der Waals surface area contributed by atoms with Crippen molar-refractivity contribution in [2.24, 2.45) is 0 Å². The minimum absolute atomic E-state index is 0.222. The van der Waals surface area contributed by atoms with E-state index in [4.69, 9.17) is 4.74 Å².